The normalized spacial score (nSPS) is 13.6. The summed E-state index contributed by atoms with van der Waals surface area (Å²) < 4.78 is 6.42. The van der Waals surface area contributed by atoms with Crippen LogP contribution in [0.4, 0.5) is 5.69 Å². The van der Waals surface area contributed by atoms with Gasteiger partial charge in [0.05, 0.1) is 39.1 Å². The van der Waals surface area contributed by atoms with E-state index in [4.69, 9.17) is 4.74 Å². The van der Waals surface area contributed by atoms with E-state index in [-0.39, 0.29) is 11.5 Å². The fourth-order valence-electron chi connectivity index (χ4n) is 4.03. The van der Waals surface area contributed by atoms with Crippen molar-refractivity contribution in [2.45, 2.75) is 19.6 Å². The molecule has 0 fully saturated rings. The number of para-hydroxylation sites is 1. The third-order valence-corrected chi connectivity index (χ3v) is 6.89. The number of fused-ring (bicyclic) bond motifs is 2. The van der Waals surface area contributed by atoms with Gasteiger partial charge in [-0.3, -0.25) is 14.4 Å². The number of aromatic nitrogens is 1. The van der Waals surface area contributed by atoms with Crippen LogP contribution in [0.15, 0.2) is 72.8 Å². The number of anilines is 1. The number of benzene rings is 3. The Bertz CT molecular complexity index is 1440. The summed E-state index contributed by atoms with van der Waals surface area (Å²) in [7, 11) is 1.63. The summed E-state index contributed by atoms with van der Waals surface area (Å²) in [6.45, 7) is 1.82. The van der Waals surface area contributed by atoms with Crippen molar-refractivity contribution in [2.75, 3.05) is 11.9 Å². The third kappa shape index (κ3) is 4.25. The molecule has 0 aliphatic carbocycles. The second-order valence-corrected chi connectivity index (χ2v) is 9.47. The maximum absolute atomic E-state index is 12.8. The molecule has 0 spiro atoms. The molecule has 0 saturated heterocycles. The summed E-state index contributed by atoms with van der Waals surface area (Å²) >= 11 is 1.51. The SMILES string of the molecule is CC(OC(=O)c1ccc(N2C(=O)c3ccccc3C2=O)cc1)C(=O)N(C)Cc1nc2ccccc2s1. The van der Waals surface area contributed by atoms with E-state index >= 15 is 0 Å². The first kappa shape index (κ1) is 23.4. The Kier molecular flexibility index (Phi) is 6.07. The average molecular weight is 500 g/mol. The van der Waals surface area contributed by atoms with Crippen LogP contribution in [0, 0.1) is 0 Å². The number of imide groups is 1. The van der Waals surface area contributed by atoms with Crippen molar-refractivity contribution in [3.8, 4) is 0 Å². The molecule has 2 heterocycles. The van der Waals surface area contributed by atoms with Crippen LogP contribution in [-0.2, 0) is 16.1 Å². The standard InChI is InChI=1S/C27H21N3O5S/c1-16(24(31)29(2)15-23-28-21-9-5-6-10-22(21)36-23)35-27(34)17-11-13-18(14-12-17)30-25(32)19-7-3-4-8-20(19)26(30)33/h3-14,16H,15H2,1-2H3. The number of carbonyl (C=O) groups excluding carboxylic acids is 4. The lowest BCUT2D eigenvalue weighted by Gasteiger charge is -2.20. The van der Waals surface area contributed by atoms with Crippen LogP contribution < -0.4 is 4.90 Å². The molecule has 0 N–H and O–H groups in total. The van der Waals surface area contributed by atoms with E-state index in [1.165, 1.54) is 47.4 Å². The number of ether oxygens (including phenoxy) is 1. The van der Waals surface area contributed by atoms with Gasteiger partial charge in [-0.25, -0.2) is 14.7 Å². The third-order valence-electron chi connectivity index (χ3n) is 5.87. The molecule has 5 rings (SSSR count). The molecule has 8 nitrogen and oxygen atoms in total. The lowest BCUT2D eigenvalue weighted by molar-refractivity contribution is -0.139. The summed E-state index contributed by atoms with van der Waals surface area (Å²) in [4.78, 5) is 57.8. The number of hydrogen-bond donors (Lipinski definition) is 0. The van der Waals surface area contributed by atoms with Crippen molar-refractivity contribution < 1.29 is 23.9 Å². The van der Waals surface area contributed by atoms with Crippen LogP contribution in [0.1, 0.15) is 43.0 Å². The molecular weight excluding hydrogens is 478 g/mol. The van der Waals surface area contributed by atoms with Crippen molar-refractivity contribution in [1.82, 2.24) is 9.88 Å². The van der Waals surface area contributed by atoms with Crippen LogP contribution in [0.3, 0.4) is 0 Å². The highest BCUT2D eigenvalue weighted by Crippen LogP contribution is 2.28. The van der Waals surface area contributed by atoms with E-state index in [0.29, 0.717) is 23.4 Å². The van der Waals surface area contributed by atoms with Gasteiger partial charge >= 0.3 is 5.97 Å². The highest BCUT2D eigenvalue weighted by atomic mass is 32.1. The smallest absolute Gasteiger partial charge is 0.338 e. The average Bonchev–Trinajstić information content (AvgIpc) is 3.41. The zero-order valence-electron chi connectivity index (χ0n) is 19.5. The molecule has 1 aliphatic heterocycles. The van der Waals surface area contributed by atoms with Crippen LogP contribution >= 0.6 is 11.3 Å². The zero-order valence-corrected chi connectivity index (χ0v) is 20.3. The fraction of sp³-hybridized carbons (Fsp3) is 0.148. The Morgan fingerprint density at radius 1 is 0.944 bits per heavy atom. The number of hydrogen-bond acceptors (Lipinski definition) is 7. The van der Waals surface area contributed by atoms with Gasteiger partial charge in [0.1, 0.15) is 5.01 Å². The van der Waals surface area contributed by atoms with Crippen molar-refractivity contribution in [2.24, 2.45) is 0 Å². The number of esters is 1. The summed E-state index contributed by atoms with van der Waals surface area (Å²) in [5.74, 6) is -1.87. The zero-order chi connectivity index (χ0) is 25.4. The minimum Gasteiger partial charge on any atom is -0.449 e. The Balaban J connectivity index is 1.22. The van der Waals surface area contributed by atoms with Crippen LogP contribution in [-0.4, -0.2) is 46.7 Å². The lowest BCUT2D eigenvalue weighted by atomic mass is 10.1. The van der Waals surface area contributed by atoms with Crippen molar-refractivity contribution >= 4 is 50.9 Å². The number of thiazole rings is 1. The second kappa shape index (κ2) is 9.35. The number of carbonyl (C=O) groups is 4. The number of likely N-dealkylation sites (N-methyl/N-ethyl adjacent to an activating group) is 1. The summed E-state index contributed by atoms with van der Waals surface area (Å²) in [6.07, 6.45) is -1.01. The van der Waals surface area contributed by atoms with Gasteiger partial charge in [-0.1, -0.05) is 24.3 Å². The second-order valence-electron chi connectivity index (χ2n) is 8.36. The monoisotopic (exact) mass is 499 g/mol. The first-order valence-corrected chi connectivity index (χ1v) is 12.0. The van der Waals surface area contributed by atoms with Gasteiger partial charge in [0.25, 0.3) is 17.7 Å². The van der Waals surface area contributed by atoms with Crippen LogP contribution in [0.5, 0.6) is 0 Å². The van der Waals surface area contributed by atoms with Gasteiger partial charge in [0.2, 0.25) is 0 Å². The molecule has 3 amide bonds. The van der Waals surface area contributed by atoms with E-state index < -0.39 is 23.9 Å². The maximum Gasteiger partial charge on any atom is 0.338 e. The van der Waals surface area contributed by atoms with Crippen molar-refractivity contribution in [3.05, 3.63) is 94.5 Å². The summed E-state index contributed by atoms with van der Waals surface area (Å²) in [5, 5.41) is 0.786. The molecular formula is C27H21N3O5S. The van der Waals surface area contributed by atoms with Crippen LogP contribution in [0.2, 0.25) is 0 Å². The van der Waals surface area contributed by atoms with E-state index in [2.05, 4.69) is 4.98 Å². The van der Waals surface area contributed by atoms with Gasteiger partial charge in [-0.05, 0) is 55.5 Å². The Morgan fingerprint density at radius 2 is 1.56 bits per heavy atom. The number of nitrogens with zero attached hydrogens (tertiary/aromatic N) is 3. The Hall–Kier alpha value is -4.37. The molecule has 1 aromatic heterocycles. The Morgan fingerprint density at radius 3 is 2.19 bits per heavy atom. The summed E-state index contributed by atoms with van der Waals surface area (Å²) in [6, 6.07) is 20.3. The quantitative estimate of drug-likeness (QED) is 0.290. The molecule has 1 aliphatic rings. The van der Waals surface area contributed by atoms with Gasteiger partial charge in [-0.2, -0.15) is 0 Å². The fourth-order valence-corrected chi connectivity index (χ4v) is 5.05. The highest BCUT2D eigenvalue weighted by molar-refractivity contribution is 7.18. The lowest BCUT2D eigenvalue weighted by Crippen LogP contribution is -2.37. The van der Waals surface area contributed by atoms with Gasteiger partial charge in [-0.15, -0.1) is 11.3 Å². The highest BCUT2D eigenvalue weighted by Gasteiger charge is 2.36. The van der Waals surface area contributed by atoms with Gasteiger partial charge < -0.3 is 9.64 Å². The maximum atomic E-state index is 12.8. The molecule has 3 aromatic carbocycles. The molecule has 0 radical (unpaired) electrons. The van der Waals surface area contributed by atoms with Gasteiger partial charge in [0, 0.05) is 7.05 Å². The first-order valence-electron chi connectivity index (χ1n) is 11.2. The largest absolute Gasteiger partial charge is 0.449 e. The molecule has 0 bridgehead atoms. The molecule has 9 heteroatoms. The van der Waals surface area contributed by atoms with E-state index in [1.54, 1.807) is 31.3 Å². The molecule has 1 atom stereocenters. The van der Waals surface area contributed by atoms with Gasteiger partial charge in [0.15, 0.2) is 6.10 Å². The molecule has 0 saturated carbocycles. The first-order chi connectivity index (χ1) is 17.3. The van der Waals surface area contributed by atoms with Crippen molar-refractivity contribution in [3.63, 3.8) is 0 Å². The van der Waals surface area contributed by atoms with E-state index in [9.17, 15) is 19.2 Å². The predicted octanol–water partition coefficient (Wildman–Crippen LogP) is 4.30. The molecule has 36 heavy (non-hydrogen) atoms. The topological polar surface area (TPSA) is 96.9 Å². The van der Waals surface area contributed by atoms with Crippen molar-refractivity contribution in [1.29, 1.82) is 0 Å². The predicted molar refractivity (Wildman–Crippen MR) is 135 cm³/mol. The van der Waals surface area contributed by atoms with E-state index in [1.807, 2.05) is 24.3 Å². The van der Waals surface area contributed by atoms with Crippen LogP contribution in [0.25, 0.3) is 10.2 Å². The molecule has 180 valence electrons. The molecule has 1 unspecified atom stereocenters. The minimum absolute atomic E-state index is 0.198. The summed E-state index contributed by atoms with van der Waals surface area (Å²) in [5.41, 5.74) is 2.10. The molecule has 4 aromatic rings. The number of rotatable bonds is 6. The van der Waals surface area contributed by atoms with E-state index in [0.717, 1.165) is 20.1 Å². The minimum atomic E-state index is -1.01. The number of amides is 3. The Labute approximate surface area is 210 Å².